The summed E-state index contributed by atoms with van der Waals surface area (Å²) in [7, 11) is 0. The fraction of sp³-hybridized carbons (Fsp3) is 0.667. The van der Waals surface area contributed by atoms with Gasteiger partial charge in [-0.3, -0.25) is 4.79 Å². The van der Waals surface area contributed by atoms with E-state index in [-0.39, 0.29) is 23.2 Å². The summed E-state index contributed by atoms with van der Waals surface area (Å²) in [4.78, 5) is 11.6. The standard InChI is InChI=1S/C12H17NO2/c1-5-15-11(14)10-9(12(10,3)4)6-8(2)7-13/h6,9-10H,5H2,1-4H3. The minimum atomic E-state index is -0.144. The van der Waals surface area contributed by atoms with E-state index in [1.54, 1.807) is 13.8 Å². The quantitative estimate of drug-likeness (QED) is 0.527. The molecule has 1 fully saturated rings. The lowest BCUT2D eigenvalue weighted by molar-refractivity contribution is -0.145. The lowest BCUT2D eigenvalue weighted by atomic mass is 10.1. The van der Waals surface area contributed by atoms with Gasteiger partial charge in [-0.25, -0.2) is 0 Å². The molecule has 0 bridgehead atoms. The zero-order chi connectivity index (χ0) is 11.6. The van der Waals surface area contributed by atoms with E-state index >= 15 is 0 Å². The second kappa shape index (κ2) is 4.06. The van der Waals surface area contributed by atoms with Gasteiger partial charge in [-0.2, -0.15) is 5.26 Å². The number of nitrogens with zero attached hydrogens (tertiary/aromatic N) is 1. The molecular formula is C12H17NO2. The summed E-state index contributed by atoms with van der Waals surface area (Å²) in [5.74, 6) is -0.0774. The minimum Gasteiger partial charge on any atom is -0.466 e. The Hall–Kier alpha value is -1.30. The average Bonchev–Trinajstić information content (AvgIpc) is 2.68. The molecule has 3 nitrogen and oxygen atoms in total. The van der Waals surface area contributed by atoms with E-state index in [2.05, 4.69) is 6.07 Å². The number of carbonyl (C=O) groups excluding carboxylic acids is 1. The molecule has 0 heterocycles. The maximum absolute atomic E-state index is 11.6. The van der Waals surface area contributed by atoms with Crippen LogP contribution in [0.3, 0.4) is 0 Å². The van der Waals surface area contributed by atoms with Gasteiger partial charge in [0.05, 0.1) is 18.6 Å². The normalized spacial score (nSPS) is 28.1. The molecule has 0 aromatic carbocycles. The van der Waals surface area contributed by atoms with Crippen LogP contribution in [0.15, 0.2) is 11.6 Å². The smallest absolute Gasteiger partial charge is 0.310 e. The Bertz CT molecular complexity index is 336. The third kappa shape index (κ3) is 2.20. The highest BCUT2D eigenvalue weighted by molar-refractivity contribution is 5.78. The van der Waals surface area contributed by atoms with Crippen LogP contribution in [-0.2, 0) is 9.53 Å². The first kappa shape index (κ1) is 11.8. The molecule has 1 saturated carbocycles. The molecule has 0 radical (unpaired) electrons. The second-order valence-electron chi connectivity index (χ2n) is 4.54. The van der Waals surface area contributed by atoms with Crippen LogP contribution < -0.4 is 0 Å². The maximum Gasteiger partial charge on any atom is 0.310 e. The van der Waals surface area contributed by atoms with Gasteiger partial charge in [-0.05, 0) is 25.2 Å². The Labute approximate surface area is 90.7 Å². The number of ether oxygens (including phenoxy) is 1. The molecule has 2 atom stereocenters. The van der Waals surface area contributed by atoms with Crippen molar-refractivity contribution < 1.29 is 9.53 Å². The van der Waals surface area contributed by atoms with Crippen LogP contribution in [0, 0.1) is 28.6 Å². The van der Waals surface area contributed by atoms with Crippen molar-refractivity contribution in [3.8, 4) is 6.07 Å². The highest BCUT2D eigenvalue weighted by atomic mass is 16.5. The topological polar surface area (TPSA) is 50.1 Å². The minimum absolute atomic E-state index is 0.0651. The zero-order valence-electron chi connectivity index (χ0n) is 9.70. The number of esters is 1. The van der Waals surface area contributed by atoms with Crippen molar-refractivity contribution in [3.63, 3.8) is 0 Å². The number of rotatable bonds is 3. The van der Waals surface area contributed by atoms with E-state index in [0.29, 0.717) is 12.2 Å². The molecule has 2 unspecified atom stereocenters. The second-order valence-corrected chi connectivity index (χ2v) is 4.54. The summed E-state index contributed by atoms with van der Waals surface area (Å²) in [6, 6.07) is 2.07. The molecule has 0 aromatic rings. The highest BCUT2D eigenvalue weighted by Crippen LogP contribution is 2.59. The zero-order valence-corrected chi connectivity index (χ0v) is 9.70. The summed E-state index contributed by atoms with van der Waals surface area (Å²) in [6.07, 6.45) is 1.88. The largest absolute Gasteiger partial charge is 0.466 e. The fourth-order valence-corrected chi connectivity index (χ4v) is 1.98. The van der Waals surface area contributed by atoms with E-state index in [1.165, 1.54) is 0 Å². The molecule has 3 heteroatoms. The van der Waals surface area contributed by atoms with Gasteiger partial charge in [0, 0.05) is 5.57 Å². The number of nitriles is 1. The number of carbonyl (C=O) groups is 1. The molecule has 1 rings (SSSR count). The maximum atomic E-state index is 11.6. The highest BCUT2D eigenvalue weighted by Gasteiger charge is 2.61. The summed E-state index contributed by atoms with van der Waals surface area (Å²) in [5.41, 5.74) is 0.601. The SMILES string of the molecule is CCOC(=O)C1C(C=C(C)C#N)C1(C)C. The van der Waals surface area contributed by atoms with Gasteiger partial charge in [0.25, 0.3) is 0 Å². The first-order valence-corrected chi connectivity index (χ1v) is 5.20. The van der Waals surface area contributed by atoms with Gasteiger partial charge in [-0.1, -0.05) is 19.9 Å². The molecule has 0 saturated heterocycles. The van der Waals surface area contributed by atoms with Gasteiger partial charge in [0.15, 0.2) is 0 Å². The number of hydrogen-bond donors (Lipinski definition) is 0. The van der Waals surface area contributed by atoms with Crippen LogP contribution in [0.2, 0.25) is 0 Å². The van der Waals surface area contributed by atoms with Gasteiger partial charge >= 0.3 is 5.97 Å². The molecule has 0 N–H and O–H groups in total. The van der Waals surface area contributed by atoms with E-state index in [4.69, 9.17) is 10.00 Å². The fourth-order valence-electron chi connectivity index (χ4n) is 1.98. The number of allylic oxidation sites excluding steroid dienone is 2. The predicted molar refractivity (Wildman–Crippen MR) is 56.8 cm³/mol. The molecule has 0 spiro atoms. The van der Waals surface area contributed by atoms with Gasteiger partial charge < -0.3 is 4.74 Å². The van der Waals surface area contributed by atoms with Crippen LogP contribution in [0.4, 0.5) is 0 Å². The third-order valence-corrected chi connectivity index (χ3v) is 3.06. The molecule has 0 aromatic heterocycles. The van der Waals surface area contributed by atoms with E-state index in [1.807, 2.05) is 19.9 Å². The first-order valence-electron chi connectivity index (χ1n) is 5.20. The van der Waals surface area contributed by atoms with Crippen molar-refractivity contribution in [1.29, 1.82) is 5.26 Å². The lowest BCUT2D eigenvalue weighted by Crippen LogP contribution is -2.10. The van der Waals surface area contributed by atoms with Gasteiger partial charge in [0.2, 0.25) is 0 Å². The molecule has 0 amide bonds. The molecule has 15 heavy (non-hydrogen) atoms. The Kier molecular flexibility index (Phi) is 3.18. The van der Waals surface area contributed by atoms with Crippen molar-refractivity contribution in [3.05, 3.63) is 11.6 Å². The third-order valence-electron chi connectivity index (χ3n) is 3.06. The molecule has 1 aliphatic rings. The van der Waals surface area contributed by atoms with Crippen LogP contribution in [0.1, 0.15) is 27.7 Å². The van der Waals surface area contributed by atoms with E-state index in [9.17, 15) is 4.79 Å². The van der Waals surface area contributed by atoms with Crippen molar-refractivity contribution in [1.82, 2.24) is 0 Å². The van der Waals surface area contributed by atoms with Crippen LogP contribution in [0.5, 0.6) is 0 Å². The Morgan fingerprint density at radius 2 is 2.20 bits per heavy atom. The lowest BCUT2D eigenvalue weighted by Gasteiger charge is -2.01. The van der Waals surface area contributed by atoms with Crippen molar-refractivity contribution in [2.75, 3.05) is 6.61 Å². The Morgan fingerprint density at radius 1 is 1.60 bits per heavy atom. The van der Waals surface area contributed by atoms with Crippen molar-refractivity contribution in [2.24, 2.45) is 17.3 Å². The van der Waals surface area contributed by atoms with Crippen LogP contribution in [0.25, 0.3) is 0 Å². The monoisotopic (exact) mass is 207 g/mol. The summed E-state index contributed by atoms with van der Waals surface area (Å²) < 4.78 is 5.00. The molecule has 82 valence electrons. The van der Waals surface area contributed by atoms with Gasteiger partial charge in [-0.15, -0.1) is 0 Å². The Balaban J connectivity index is 2.72. The predicted octanol–water partition coefficient (Wildman–Crippen LogP) is 2.29. The Morgan fingerprint density at radius 3 is 2.67 bits per heavy atom. The molecule has 1 aliphatic carbocycles. The first-order chi connectivity index (χ1) is 6.95. The molecular weight excluding hydrogens is 190 g/mol. The van der Waals surface area contributed by atoms with E-state index in [0.717, 1.165) is 0 Å². The van der Waals surface area contributed by atoms with E-state index < -0.39 is 0 Å². The van der Waals surface area contributed by atoms with Crippen molar-refractivity contribution >= 4 is 5.97 Å². The average molecular weight is 207 g/mol. The summed E-state index contributed by atoms with van der Waals surface area (Å²) in [6.45, 7) is 8.04. The number of hydrogen-bond acceptors (Lipinski definition) is 3. The van der Waals surface area contributed by atoms with Gasteiger partial charge in [0.1, 0.15) is 0 Å². The molecule has 0 aliphatic heterocycles. The van der Waals surface area contributed by atoms with Crippen LogP contribution >= 0.6 is 0 Å². The van der Waals surface area contributed by atoms with Crippen LogP contribution in [-0.4, -0.2) is 12.6 Å². The van der Waals surface area contributed by atoms with Crippen molar-refractivity contribution in [2.45, 2.75) is 27.7 Å². The summed E-state index contributed by atoms with van der Waals surface area (Å²) >= 11 is 0. The summed E-state index contributed by atoms with van der Waals surface area (Å²) in [5, 5.41) is 8.68.